The number of hydrazine groups is 1. The second kappa shape index (κ2) is 4.62. The number of rotatable bonds is 2. The Morgan fingerprint density at radius 2 is 1.89 bits per heavy atom. The Labute approximate surface area is 113 Å². The Bertz CT molecular complexity index is 594. The van der Waals surface area contributed by atoms with Crippen molar-refractivity contribution in [3.63, 3.8) is 0 Å². The Morgan fingerprint density at radius 1 is 1.21 bits per heavy atom. The van der Waals surface area contributed by atoms with Gasteiger partial charge in [0, 0.05) is 17.2 Å². The van der Waals surface area contributed by atoms with Gasteiger partial charge in [0.1, 0.15) is 23.8 Å². The molecule has 0 amide bonds. The van der Waals surface area contributed by atoms with Crippen molar-refractivity contribution in [1.29, 1.82) is 0 Å². The SMILES string of the molecule is Cc1ncn(-c2cc(NN)nc(C(C)(C)C)n2)c1C. The average molecular weight is 260 g/mol. The van der Waals surface area contributed by atoms with E-state index in [1.165, 1.54) is 0 Å². The molecule has 0 aliphatic rings. The average Bonchev–Trinajstić information content (AvgIpc) is 2.68. The highest BCUT2D eigenvalue weighted by Crippen LogP contribution is 2.22. The summed E-state index contributed by atoms with van der Waals surface area (Å²) in [5, 5.41) is 0. The van der Waals surface area contributed by atoms with Crippen LogP contribution in [0.25, 0.3) is 5.82 Å². The Morgan fingerprint density at radius 3 is 2.37 bits per heavy atom. The lowest BCUT2D eigenvalue weighted by molar-refractivity contribution is 0.544. The van der Waals surface area contributed by atoms with Crippen LogP contribution in [-0.4, -0.2) is 19.5 Å². The summed E-state index contributed by atoms with van der Waals surface area (Å²) in [7, 11) is 0. The Kier molecular flexibility index (Phi) is 3.28. The van der Waals surface area contributed by atoms with E-state index in [0.717, 1.165) is 23.0 Å². The van der Waals surface area contributed by atoms with Gasteiger partial charge in [0.2, 0.25) is 0 Å². The molecule has 6 heteroatoms. The molecule has 2 aromatic heterocycles. The van der Waals surface area contributed by atoms with Crippen LogP contribution in [0.4, 0.5) is 5.82 Å². The van der Waals surface area contributed by atoms with Crippen LogP contribution >= 0.6 is 0 Å². The van der Waals surface area contributed by atoms with Crippen molar-refractivity contribution >= 4 is 5.82 Å². The third-order valence-electron chi connectivity index (χ3n) is 3.03. The van der Waals surface area contributed by atoms with Crippen LogP contribution in [0.3, 0.4) is 0 Å². The zero-order valence-corrected chi connectivity index (χ0v) is 12.0. The molecule has 0 aliphatic carbocycles. The van der Waals surface area contributed by atoms with E-state index in [2.05, 4.69) is 41.1 Å². The summed E-state index contributed by atoms with van der Waals surface area (Å²) in [5.41, 5.74) is 4.48. The van der Waals surface area contributed by atoms with Crippen molar-refractivity contribution in [1.82, 2.24) is 19.5 Å². The predicted octanol–water partition coefficient (Wildman–Crippen LogP) is 1.86. The molecule has 19 heavy (non-hydrogen) atoms. The fourth-order valence-corrected chi connectivity index (χ4v) is 1.70. The number of hydrogen-bond donors (Lipinski definition) is 2. The summed E-state index contributed by atoms with van der Waals surface area (Å²) >= 11 is 0. The van der Waals surface area contributed by atoms with E-state index in [9.17, 15) is 0 Å². The van der Waals surface area contributed by atoms with Gasteiger partial charge in [-0.05, 0) is 13.8 Å². The fourth-order valence-electron chi connectivity index (χ4n) is 1.70. The molecule has 0 aromatic carbocycles. The Balaban J connectivity index is 2.61. The number of nitrogens with zero attached hydrogens (tertiary/aromatic N) is 4. The monoisotopic (exact) mass is 260 g/mol. The number of hydrogen-bond acceptors (Lipinski definition) is 5. The fraction of sp³-hybridized carbons (Fsp3) is 0.462. The number of nitrogen functional groups attached to an aromatic ring is 1. The number of anilines is 1. The first kappa shape index (κ1) is 13.5. The van der Waals surface area contributed by atoms with Crippen molar-refractivity contribution in [2.75, 3.05) is 5.43 Å². The van der Waals surface area contributed by atoms with Gasteiger partial charge in [-0.1, -0.05) is 20.8 Å². The lowest BCUT2D eigenvalue weighted by Crippen LogP contribution is -2.20. The first-order valence-electron chi connectivity index (χ1n) is 6.20. The molecule has 0 atom stereocenters. The van der Waals surface area contributed by atoms with Gasteiger partial charge < -0.3 is 5.43 Å². The van der Waals surface area contributed by atoms with Gasteiger partial charge >= 0.3 is 0 Å². The van der Waals surface area contributed by atoms with Crippen LogP contribution in [0.15, 0.2) is 12.4 Å². The molecular weight excluding hydrogens is 240 g/mol. The van der Waals surface area contributed by atoms with Gasteiger partial charge in [-0.3, -0.25) is 4.57 Å². The van der Waals surface area contributed by atoms with Gasteiger partial charge in [-0.2, -0.15) is 0 Å². The molecule has 102 valence electrons. The van der Waals surface area contributed by atoms with Crippen LogP contribution < -0.4 is 11.3 Å². The molecule has 0 radical (unpaired) electrons. The summed E-state index contributed by atoms with van der Waals surface area (Å²) in [6.07, 6.45) is 1.76. The topological polar surface area (TPSA) is 81.7 Å². The molecule has 0 bridgehead atoms. The minimum atomic E-state index is -0.148. The quantitative estimate of drug-likeness (QED) is 0.636. The van der Waals surface area contributed by atoms with Crippen LogP contribution in [0.5, 0.6) is 0 Å². The van der Waals surface area contributed by atoms with Crippen molar-refractivity contribution in [3.8, 4) is 5.82 Å². The summed E-state index contributed by atoms with van der Waals surface area (Å²) < 4.78 is 1.94. The molecule has 2 heterocycles. The zero-order chi connectivity index (χ0) is 14.2. The van der Waals surface area contributed by atoms with Gasteiger partial charge in [0.05, 0.1) is 5.69 Å². The first-order chi connectivity index (χ1) is 8.82. The predicted molar refractivity (Wildman–Crippen MR) is 75.1 cm³/mol. The number of imidazole rings is 1. The van der Waals surface area contributed by atoms with Crippen LogP contribution in [0.2, 0.25) is 0 Å². The molecule has 3 N–H and O–H groups in total. The number of nitrogens with one attached hydrogen (secondary N) is 1. The molecule has 0 saturated heterocycles. The van der Waals surface area contributed by atoms with Gasteiger partial charge in [0.15, 0.2) is 0 Å². The molecule has 2 rings (SSSR count). The van der Waals surface area contributed by atoms with Gasteiger partial charge in [-0.15, -0.1) is 0 Å². The maximum Gasteiger partial charge on any atom is 0.145 e. The molecule has 0 unspecified atom stereocenters. The third kappa shape index (κ3) is 2.58. The minimum Gasteiger partial charge on any atom is -0.308 e. The van der Waals surface area contributed by atoms with Crippen molar-refractivity contribution in [3.05, 3.63) is 29.6 Å². The smallest absolute Gasteiger partial charge is 0.145 e. The molecule has 2 aromatic rings. The van der Waals surface area contributed by atoms with E-state index in [1.807, 2.05) is 24.5 Å². The largest absolute Gasteiger partial charge is 0.308 e. The Hall–Kier alpha value is -1.95. The minimum absolute atomic E-state index is 0.148. The molecule has 0 aliphatic heterocycles. The van der Waals surface area contributed by atoms with Crippen molar-refractivity contribution in [2.45, 2.75) is 40.0 Å². The van der Waals surface area contributed by atoms with Gasteiger partial charge in [-0.25, -0.2) is 20.8 Å². The summed E-state index contributed by atoms with van der Waals surface area (Å²) in [4.78, 5) is 13.3. The molecular formula is C13H20N6. The summed E-state index contributed by atoms with van der Waals surface area (Å²) in [6, 6.07) is 1.81. The van der Waals surface area contributed by atoms with Crippen molar-refractivity contribution in [2.24, 2.45) is 5.84 Å². The van der Waals surface area contributed by atoms with E-state index < -0.39 is 0 Å². The summed E-state index contributed by atoms with van der Waals surface area (Å²) in [5.74, 6) is 7.59. The molecule has 6 nitrogen and oxygen atoms in total. The first-order valence-corrected chi connectivity index (χ1v) is 6.20. The van der Waals surface area contributed by atoms with E-state index in [0.29, 0.717) is 5.82 Å². The summed E-state index contributed by atoms with van der Waals surface area (Å²) in [6.45, 7) is 10.2. The second-order valence-corrected chi connectivity index (χ2v) is 5.61. The number of aryl methyl sites for hydroxylation is 1. The van der Waals surface area contributed by atoms with E-state index >= 15 is 0 Å². The van der Waals surface area contributed by atoms with E-state index in [1.54, 1.807) is 6.33 Å². The number of aromatic nitrogens is 4. The van der Waals surface area contributed by atoms with Crippen LogP contribution in [-0.2, 0) is 5.41 Å². The molecule has 0 spiro atoms. The van der Waals surface area contributed by atoms with Crippen molar-refractivity contribution < 1.29 is 0 Å². The highest BCUT2D eigenvalue weighted by atomic mass is 15.3. The van der Waals surface area contributed by atoms with Crippen LogP contribution in [0, 0.1) is 13.8 Å². The molecule has 0 fully saturated rings. The zero-order valence-electron chi connectivity index (χ0n) is 12.0. The molecule has 0 saturated carbocycles. The lowest BCUT2D eigenvalue weighted by atomic mass is 9.96. The highest BCUT2D eigenvalue weighted by molar-refractivity contribution is 5.42. The van der Waals surface area contributed by atoms with Gasteiger partial charge in [0.25, 0.3) is 0 Å². The highest BCUT2D eigenvalue weighted by Gasteiger charge is 2.20. The van der Waals surface area contributed by atoms with Crippen LogP contribution in [0.1, 0.15) is 38.0 Å². The van der Waals surface area contributed by atoms with E-state index in [4.69, 9.17) is 5.84 Å². The maximum absolute atomic E-state index is 5.49. The maximum atomic E-state index is 5.49. The number of nitrogens with two attached hydrogens (primary N) is 1. The third-order valence-corrected chi connectivity index (χ3v) is 3.03. The standard InChI is InChI=1S/C13H20N6/c1-8-9(2)19(7-15-8)11-6-10(18-14)16-12(17-11)13(3,4)5/h6-7H,14H2,1-5H3,(H,16,17,18). The lowest BCUT2D eigenvalue weighted by Gasteiger charge is -2.18. The van der Waals surface area contributed by atoms with E-state index in [-0.39, 0.29) is 5.41 Å². The normalized spacial score (nSPS) is 11.7. The second-order valence-electron chi connectivity index (χ2n) is 5.61.